The summed E-state index contributed by atoms with van der Waals surface area (Å²) >= 11 is 0. The molecule has 0 saturated heterocycles. The van der Waals surface area contributed by atoms with Crippen LogP contribution in [0.5, 0.6) is 0 Å². The summed E-state index contributed by atoms with van der Waals surface area (Å²) in [5.74, 6) is 0.748. The fourth-order valence-electron chi connectivity index (χ4n) is 3.14. The number of imidazole rings is 1. The van der Waals surface area contributed by atoms with E-state index in [0.29, 0.717) is 0 Å². The standard InChI is InChI=1S/C22H20N4/c1-15-9-7-10-16(2)19(15)24-25-22-20(18-12-5-4-6-13-18)23-21-17(3)11-8-14-26(21)22/h4-14H,1-3H3. The van der Waals surface area contributed by atoms with E-state index in [-0.39, 0.29) is 0 Å². The Morgan fingerprint density at radius 1 is 0.731 bits per heavy atom. The van der Waals surface area contributed by atoms with Crippen molar-refractivity contribution in [3.05, 3.63) is 83.6 Å². The van der Waals surface area contributed by atoms with E-state index in [9.17, 15) is 0 Å². The molecule has 128 valence electrons. The zero-order valence-electron chi connectivity index (χ0n) is 15.1. The first-order valence-corrected chi connectivity index (χ1v) is 8.66. The molecule has 0 bridgehead atoms. The minimum atomic E-state index is 0.748. The van der Waals surface area contributed by atoms with Crippen LogP contribution in [-0.2, 0) is 0 Å². The van der Waals surface area contributed by atoms with Gasteiger partial charge in [0.1, 0.15) is 11.3 Å². The molecule has 0 saturated carbocycles. The monoisotopic (exact) mass is 340 g/mol. The number of hydrogen-bond acceptors (Lipinski definition) is 3. The Labute approximate surface area is 152 Å². The number of hydrogen-bond donors (Lipinski definition) is 0. The predicted molar refractivity (Wildman–Crippen MR) is 105 cm³/mol. The average Bonchev–Trinajstić information content (AvgIpc) is 3.02. The van der Waals surface area contributed by atoms with Crippen molar-refractivity contribution in [2.24, 2.45) is 10.2 Å². The van der Waals surface area contributed by atoms with Gasteiger partial charge in [-0.2, -0.15) is 0 Å². The number of fused-ring (bicyclic) bond motifs is 1. The highest BCUT2D eigenvalue weighted by atomic mass is 15.2. The third-order valence-corrected chi connectivity index (χ3v) is 4.55. The second kappa shape index (κ2) is 6.56. The molecule has 2 aromatic heterocycles. The first-order valence-electron chi connectivity index (χ1n) is 8.66. The highest BCUT2D eigenvalue weighted by molar-refractivity contribution is 5.75. The maximum Gasteiger partial charge on any atom is 0.187 e. The third kappa shape index (κ3) is 2.80. The summed E-state index contributed by atoms with van der Waals surface area (Å²) in [6, 6.07) is 20.3. The molecule has 4 nitrogen and oxygen atoms in total. The largest absolute Gasteiger partial charge is 0.282 e. The molecule has 4 aromatic rings. The van der Waals surface area contributed by atoms with Gasteiger partial charge >= 0.3 is 0 Å². The molecule has 0 aliphatic rings. The second-order valence-corrected chi connectivity index (χ2v) is 6.48. The molecule has 4 heteroatoms. The zero-order chi connectivity index (χ0) is 18.1. The lowest BCUT2D eigenvalue weighted by Crippen LogP contribution is -1.86. The number of aryl methyl sites for hydroxylation is 3. The van der Waals surface area contributed by atoms with Crippen LogP contribution in [0.4, 0.5) is 11.5 Å². The van der Waals surface area contributed by atoms with Crippen molar-refractivity contribution in [2.45, 2.75) is 20.8 Å². The molecule has 26 heavy (non-hydrogen) atoms. The van der Waals surface area contributed by atoms with Crippen LogP contribution in [0, 0.1) is 20.8 Å². The zero-order valence-corrected chi connectivity index (χ0v) is 15.1. The summed E-state index contributed by atoms with van der Waals surface area (Å²) in [5.41, 5.74) is 7.02. The van der Waals surface area contributed by atoms with Crippen LogP contribution in [0.1, 0.15) is 16.7 Å². The molecule has 4 rings (SSSR count). The van der Waals surface area contributed by atoms with Crippen molar-refractivity contribution >= 4 is 17.2 Å². The quantitative estimate of drug-likeness (QED) is 0.401. The topological polar surface area (TPSA) is 42.0 Å². The van der Waals surface area contributed by atoms with Crippen molar-refractivity contribution in [3.63, 3.8) is 0 Å². The highest BCUT2D eigenvalue weighted by Crippen LogP contribution is 2.34. The maximum atomic E-state index is 4.85. The second-order valence-electron chi connectivity index (χ2n) is 6.48. The number of rotatable bonds is 3. The molecule has 0 atom stereocenters. The van der Waals surface area contributed by atoms with Gasteiger partial charge in [-0.25, -0.2) is 4.98 Å². The van der Waals surface area contributed by atoms with Gasteiger partial charge in [0.15, 0.2) is 5.82 Å². The third-order valence-electron chi connectivity index (χ3n) is 4.55. The van der Waals surface area contributed by atoms with Gasteiger partial charge in [-0.05, 0) is 43.5 Å². The number of nitrogens with zero attached hydrogens (tertiary/aromatic N) is 4. The lowest BCUT2D eigenvalue weighted by atomic mass is 10.1. The first kappa shape index (κ1) is 16.2. The summed E-state index contributed by atoms with van der Waals surface area (Å²) in [5, 5.41) is 9.21. The van der Waals surface area contributed by atoms with Crippen molar-refractivity contribution in [1.29, 1.82) is 0 Å². The lowest BCUT2D eigenvalue weighted by Gasteiger charge is -2.03. The molecule has 0 amide bonds. The average molecular weight is 340 g/mol. The Hall–Kier alpha value is -3.27. The van der Waals surface area contributed by atoms with E-state index in [1.165, 1.54) is 0 Å². The molecule has 0 aliphatic carbocycles. The molecule has 0 N–H and O–H groups in total. The number of azo groups is 1. The Bertz CT molecular complexity index is 1090. The van der Waals surface area contributed by atoms with Gasteiger partial charge in [0, 0.05) is 11.8 Å². The van der Waals surface area contributed by atoms with E-state index >= 15 is 0 Å². The van der Waals surface area contributed by atoms with Crippen LogP contribution < -0.4 is 0 Å². The molecule has 0 radical (unpaired) electrons. The van der Waals surface area contributed by atoms with E-state index < -0.39 is 0 Å². The number of pyridine rings is 1. The molecule has 0 spiro atoms. The van der Waals surface area contributed by atoms with Crippen LogP contribution in [0.3, 0.4) is 0 Å². The molecule has 2 heterocycles. The minimum Gasteiger partial charge on any atom is -0.282 e. The summed E-state index contributed by atoms with van der Waals surface area (Å²) in [6.07, 6.45) is 1.99. The van der Waals surface area contributed by atoms with Crippen LogP contribution in [-0.4, -0.2) is 9.38 Å². The van der Waals surface area contributed by atoms with Gasteiger partial charge < -0.3 is 0 Å². The summed E-state index contributed by atoms with van der Waals surface area (Å²) in [4.78, 5) is 4.85. The highest BCUT2D eigenvalue weighted by Gasteiger charge is 2.15. The van der Waals surface area contributed by atoms with Gasteiger partial charge in [0.2, 0.25) is 0 Å². The van der Waals surface area contributed by atoms with Gasteiger partial charge in [0.25, 0.3) is 0 Å². The predicted octanol–water partition coefficient (Wildman–Crippen LogP) is 6.34. The van der Waals surface area contributed by atoms with Crippen LogP contribution in [0.25, 0.3) is 16.9 Å². The number of aromatic nitrogens is 2. The van der Waals surface area contributed by atoms with Crippen molar-refractivity contribution in [1.82, 2.24) is 9.38 Å². The number of benzene rings is 2. The van der Waals surface area contributed by atoms with Gasteiger partial charge in [-0.15, -0.1) is 10.2 Å². The lowest BCUT2D eigenvalue weighted by molar-refractivity contribution is 1.09. The summed E-state index contributed by atoms with van der Waals surface area (Å²) in [7, 11) is 0. The SMILES string of the molecule is Cc1cccc(C)c1N=Nc1c(-c2ccccc2)nc2c(C)cccn12. The minimum absolute atomic E-state index is 0.748. The van der Waals surface area contributed by atoms with Crippen molar-refractivity contribution in [3.8, 4) is 11.3 Å². The van der Waals surface area contributed by atoms with E-state index in [2.05, 4.69) is 61.3 Å². The summed E-state index contributed by atoms with van der Waals surface area (Å²) in [6.45, 7) is 6.17. The Morgan fingerprint density at radius 3 is 2.15 bits per heavy atom. The van der Waals surface area contributed by atoms with Crippen molar-refractivity contribution in [2.75, 3.05) is 0 Å². The van der Waals surface area contributed by atoms with E-state index in [1.54, 1.807) is 0 Å². The molecule has 0 unspecified atom stereocenters. The van der Waals surface area contributed by atoms with Crippen LogP contribution in [0.2, 0.25) is 0 Å². The Balaban J connectivity index is 1.93. The Morgan fingerprint density at radius 2 is 1.42 bits per heavy atom. The van der Waals surface area contributed by atoms with E-state index in [1.807, 2.05) is 40.9 Å². The summed E-state index contributed by atoms with van der Waals surface area (Å²) < 4.78 is 2.01. The van der Waals surface area contributed by atoms with E-state index in [4.69, 9.17) is 4.98 Å². The molecule has 2 aromatic carbocycles. The molecule has 0 aliphatic heterocycles. The maximum absolute atomic E-state index is 4.85. The Kier molecular flexibility index (Phi) is 4.09. The van der Waals surface area contributed by atoms with Gasteiger partial charge in [0.05, 0.1) is 5.69 Å². The van der Waals surface area contributed by atoms with E-state index in [0.717, 1.165) is 45.1 Å². The normalized spacial score (nSPS) is 11.5. The van der Waals surface area contributed by atoms with Gasteiger partial charge in [-0.1, -0.05) is 54.6 Å². The van der Waals surface area contributed by atoms with Crippen molar-refractivity contribution < 1.29 is 0 Å². The fraction of sp³-hybridized carbons (Fsp3) is 0.136. The first-order chi connectivity index (χ1) is 12.6. The fourth-order valence-corrected chi connectivity index (χ4v) is 3.14. The molecular weight excluding hydrogens is 320 g/mol. The molecular formula is C22H20N4. The smallest absolute Gasteiger partial charge is 0.187 e. The van der Waals surface area contributed by atoms with Crippen LogP contribution in [0.15, 0.2) is 77.1 Å². The van der Waals surface area contributed by atoms with Crippen LogP contribution >= 0.6 is 0 Å². The molecule has 0 fully saturated rings. The van der Waals surface area contributed by atoms with Gasteiger partial charge in [-0.3, -0.25) is 4.40 Å².